The van der Waals surface area contributed by atoms with Gasteiger partial charge >= 0.3 is 0 Å². The molecule has 1 aromatic carbocycles. The van der Waals surface area contributed by atoms with E-state index in [2.05, 4.69) is 21.5 Å². The van der Waals surface area contributed by atoms with Crippen molar-refractivity contribution in [2.75, 3.05) is 5.32 Å². The van der Waals surface area contributed by atoms with Gasteiger partial charge in [0.1, 0.15) is 6.04 Å². The van der Waals surface area contributed by atoms with Gasteiger partial charge in [-0.2, -0.15) is 0 Å². The molecule has 2 amide bonds. The molecule has 7 heteroatoms. The van der Waals surface area contributed by atoms with E-state index >= 15 is 0 Å². The minimum atomic E-state index is -0.706. The molecular formula is C17H19N4O2S. The number of hydrogen-bond acceptors (Lipinski definition) is 3. The summed E-state index contributed by atoms with van der Waals surface area (Å²) in [6, 6.07) is 6.96. The van der Waals surface area contributed by atoms with Crippen molar-refractivity contribution in [3.63, 3.8) is 0 Å². The lowest BCUT2D eigenvalue weighted by Gasteiger charge is -2.17. The number of aryl methyl sites for hydroxylation is 1. The molecule has 0 aliphatic heterocycles. The monoisotopic (exact) mass is 343 g/mol. The van der Waals surface area contributed by atoms with E-state index in [4.69, 9.17) is 12.2 Å². The summed E-state index contributed by atoms with van der Waals surface area (Å²) >= 11 is 5.10. The van der Waals surface area contributed by atoms with Gasteiger partial charge in [0.15, 0.2) is 5.11 Å². The van der Waals surface area contributed by atoms with Gasteiger partial charge in [0, 0.05) is 5.69 Å². The summed E-state index contributed by atoms with van der Waals surface area (Å²) in [6.45, 7) is 3.58. The van der Waals surface area contributed by atoms with Crippen LogP contribution in [0.1, 0.15) is 12.5 Å². The maximum Gasteiger partial charge on any atom is 0.260 e. The Labute approximate surface area is 147 Å². The van der Waals surface area contributed by atoms with Crippen molar-refractivity contribution in [2.24, 2.45) is 0 Å². The molecule has 0 spiro atoms. The summed E-state index contributed by atoms with van der Waals surface area (Å²) < 4.78 is 0. The second-order valence-electron chi connectivity index (χ2n) is 5.30. The molecule has 0 bridgehead atoms. The Bertz CT molecular complexity index is 597. The van der Waals surface area contributed by atoms with Gasteiger partial charge in [0.2, 0.25) is 5.91 Å². The van der Waals surface area contributed by atoms with E-state index < -0.39 is 11.9 Å². The summed E-state index contributed by atoms with van der Waals surface area (Å²) in [5, 5.41) is 5.80. The molecule has 24 heavy (non-hydrogen) atoms. The molecule has 1 aliphatic rings. The van der Waals surface area contributed by atoms with Gasteiger partial charge in [-0.1, -0.05) is 17.7 Å². The van der Waals surface area contributed by atoms with E-state index in [9.17, 15) is 9.59 Å². The lowest BCUT2D eigenvalue weighted by molar-refractivity contribution is -0.127. The van der Waals surface area contributed by atoms with E-state index in [1.165, 1.54) is 0 Å². The number of rotatable bonds is 4. The highest BCUT2D eigenvalue weighted by Crippen LogP contribution is 2.22. The minimum Gasteiger partial charge on any atom is -0.344 e. The summed E-state index contributed by atoms with van der Waals surface area (Å²) in [7, 11) is 0. The minimum absolute atomic E-state index is 0.252. The second-order valence-corrected chi connectivity index (χ2v) is 5.71. The normalized spacial score (nSPS) is 15.4. The lowest BCUT2D eigenvalue weighted by atomic mass is 10.1. The van der Waals surface area contributed by atoms with E-state index in [0.717, 1.165) is 11.3 Å². The van der Waals surface area contributed by atoms with Gasteiger partial charge < -0.3 is 10.6 Å². The first-order valence-corrected chi connectivity index (χ1v) is 7.82. The van der Waals surface area contributed by atoms with Crippen LogP contribution in [0.15, 0.2) is 24.3 Å². The van der Waals surface area contributed by atoms with Gasteiger partial charge in [0.25, 0.3) is 5.91 Å². The van der Waals surface area contributed by atoms with Crippen molar-refractivity contribution in [2.45, 2.75) is 19.9 Å². The number of carbonyl (C=O) groups excluding carboxylic acids is 2. The quantitative estimate of drug-likeness (QED) is 0.488. The number of anilines is 1. The van der Waals surface area contributed by atoms with Crippen LogP contribution < -0.4 is 21.5 Å². The molecular weight excluding hydrogens is 324 g/mol. The Balaban J connectivity index is 1.71. The average molecular weight is 343 g/mol. The van der Waals surface area contributed by atoms with Crippen LogP contribution in [0, 0.1) is 38.5 Å². The molecule has 1 aromatic rings. The predicted octanol–water partition coefficient (Wildman–Crippen LogP) is 1.22. The second kappa shape index (κ2) is 8.63. The molecule has 1 saturated carbocycles. The SMILES string of the molecule is Cc1ccc(NC(=S)NNC(=O)[C@H](C)NC(=O)[C]2[CH][CH][CH][CH]2)cc1. The van der Waals surface area contributed by atoms with Crippen molar-refractivity contribution in [1.82, 2.24) is 16.2 Å². The highest BCUT2D eigenvalue weighted by atomic mass is 32.1. The fraction of sp³-hybridized carbons (Fsp3) is 0.176. The number of hydrazine groups is 1. The van der Waals surface area contributed by atoms with Crippen molar-refractivity contribution in [3.8, 4) is 0 Å². The van der Waals surface area contributed by atoms with Crippen LogP contribution in [0.2, 0.25) is 0 Å². The number of thiocarbonyl (C=S) groups is 1. The summed E-state index contributed by atoms with van der Waals surface area (Å²) in [5.41, 5.74) is 7.01. The highest BCUT2D eigenvalue weighted by Gasteiger charge is 2.27. The van der Waals surface area contributed by atoms with Gasteiger partial charge in [-0.15, -0.1) is 0 Å². The molecule has 6 nitrogen and oxygen atoms in total. The number of nitrogens with one attached hydrogen (secondary N) is 4. The maximum atomic E-state index is 12.0. The molecule has 0 heterocycles. The van der Waals surface area contributed by atoms with Crippen molar-refractivity contribution < 1.29 is 9.59 Å². The Kier molecular flexibility index (Phi) is 6.54. The summed E-state index contributed by atoms with van der Waals surface area (Å²) in [5.74, 6) is -0.190. The maximum absolute atomic E-state index is 12.0. The molecule has 4 N–H and O–H groups in total. The standard InChI is InChI=1S/C17H19N4O2S/c1-11-7-9-14(10-8-11)19-17(24)21-20-15(22)12(2)18-16(23)13-5-3-4-6-13/h3-10,12H,1-2H3,(H,18,23)(H,20,22)(H2,19,21,24)/t12-/m0/s1. The zero-order valence-electron chi connectivity index (χ0n) is 13.4. The molecule has 1 aliphatic carbocycles. The zero-order valence-corrected chi connectivity index (χ0v) is 14.2. The first-order chi connectivity index (χ1) is 11.5. The fourth-order valence-corrected chi connectivity index (χ4v) is 2.07. The van der Waals surface area contributed by atoms with Crippen molar-refractivity contribution in [1.29, 1.82) is 0 Å². The third kappa shape index (κ3) is 5.49. The van der Waals surface area contributed by atoms with E-state index in [1.54, 1.807) is 32.6 Å². The number of carbonyl (C=O) groups is 2. The molecule has 1 atom stereocenters. The van der Waals surface area contributed by atoms with Crippen LogP contribution in [0.25, 0.3) is 0 Å². The van der Waals surface area contributed by atoms with Crippen LogP contribution in [0.4, 0.5) is 5.69 Å². The molecule has 0 saturated heterocycles. The van der Waals surface area contributed by atoms with Crippen LogP contribution in [0.5, 0.6) is 0 Å². The van der Waals surface area contributed by atoms with Gasteiger partial charge in [-0.25, -0.2) is 0 Å². The largest absolute Gasteiger partial charge is 0.344 e. The van der Waals surface area contributed by atoms with E-state index in [-0.39, 0.29) is 11.0 Å². The predicted molar refractivity (Wildman–Crippen MR) is 96.7 cm³/mol. The fourth-order valence-electron chi connectivity index (χ4n) is 1.90. The van der Waals surface area contributed by atoms with Gasteiger partial charge in [-0.3, -0.25) is 20.4 Å². The molecule has 125 valence electrons. The Morgan fingerprint density at radius 3 is 2.29 bits per heavy atom. The molecule has 0 unspecified atom stereocenters. The molecule has 5 radical (unpaired) electrons. The summed E-state index contributed by atoms with van der Waals surface area (Å²) in [4.78, 5) is 23.9. The molecule has 1 fully saturated rings. The van der Waals surface area contributed by atoms with Crippen LogP contribution in [0.3, 0.4) is 0 Å². The smallest absolute Gasteiger partial charge is 0.260 e. The Morgan fingerprint density at radius 2 is 1.67 bits per heavy atom. The first-order valence-electron chi connectivity index (χ1n) is 7.42. The summed E-state index contributed by atoms with van der Waals surface area (Å²) in [6.07, 6.45) is 6.88. The Hall–Kier alpha value is -2.15. The average Bonchev–Trinajstić information content (AvgIpc) is 3.09. The van der Waals surface area contributed by atoms with Crippen LogP contribution in [-0.4, -0.2) is 23.0 Å². The van der Waals surface area contributed by atoms with Crippen LogP contribution >= 0.6 is 12.2 Å². The van der Waals surface area contributed by atoms with Crippen LogP contribution in [-0.2, 0) is 9.59 Å². The molecule has 0 aromatic heterocycles. The van der Waals surface area contributed by atoms with Crippen molar-refractivity contribution in [3.05, 3.63) is 61.4 Å². The third-order valence-corrected chi connectivity index (χ3v) is 3.48. The Morgan fingerprint density at radius 1 is 1.04 bits per heavy atom. The third-order valence-electron chi connectivity index (χ3n) is 3.27. The van der Waals surface area contributed by atoms with E-state index in [1.807, 2.05) is 31.2 Å². The lowest BCUT2D eigenvalue weighted by Crippen LogP contribution is -2.52. The number of benzene rings is 1. The number of amides is 2. The number of hydrogen-bond donors (Lipinski definition) is 4. The van der Waals surface area contributed by atoms with Gasteiger partial charge in [0.05, 0.1) is 5.92 Å². The highest BCUT2D eigenvalue weighted by molar-refractivity contribution is 7.80. The van der Waals surface area contributed by atoms with Gasteiger partial charge in [-0.05, 0) is 63.9 Å². The van der Waals surface area contributed by atoms with Crippen molar-refractivity contribution >= 4 is 34.8 Å². The zero-order chi connectivity index (χ0) is 17.5. The topological polar surface area (TPSA) is 82.3 Å². The van der Waals surface area contributed by atoms with E-state index in [0.29, 0.717) is 5.92 Å². The first kappa shape index (κ1) is 18.2. The molecule has 2 rings (SSSR count).